The molecule has 0 aliphatic heterocycles. The van der Waals surface area contributed by atoms with E-state index >= 15 is 0 Å². The van der Waals surface area contributed by atoms with Crippen LogP contribution in [-0.4, -0.2) is 32.2 Å². The summed E-state index contributed by atoms with van der Waals surface area (Å²) in [5.41, 5.74) is 1.77. The molecule has 96 valence electrons. The van der Waals surface area contributed by atoms with Crippen LogP contribution in [0.5, 0.6) is 0 Å². The van der Waals surface area contributed by atoms with Crippen LogP contribution in [0.4, 0.5) is 0 Å². The van der Waals surface area contributed by atoms with Crippen LogP contribution in [0.2, 0.25) is 0 Å². The summed E-state index contributed by atoms with van der Waals surface area (Å²) in [5.74, 6) is 0.162. The molecular formula is C11H16ClNO3S. The molecule has 0 radical (unpaired) electrons. The number of halogens is 1. The topological polar surface area (TPSA) is 66.4 Å². The standard InChI is InChI=1S/C11H16ClNO3S/c1-17(15,16)13-7-6-9-2-4-10(5-3-9)11(14)8-12/h2-5,11,13-14H,6-8H2,1H3/t11-/m0/s1. The van der Waals surface area contributed by atoms with Gasteiger partial charge in [0.1, 0.15) is 0 Å². The highest BCUT2D eigenvalue weighted by Gasteiger charge is 2.05. The molecule has 0 spiro atoms. The first kappa shape index (κ1) is 14.4. The van der Waals surface area contributed by atoms with Crippen molar-refractivity contribution in [1.82, 2.24) is 4.72 Å². The van der Waals surface area contributed by atoms with E-state index in [0.717, 1.165) is 17.4 Å². The summed E-state index contributed by atoms with van der Waals surface area (Å²) >= 11 is 5.53. The van der Waals surface area contributed by atoms with Crippen LogP contribution in [0.3, 0.4) is 0 Å². The largest absolute Gasteiger partial charge is 0.387 e. The Morgan fingerprint density at radius 2 is 1.94 bits per heavy atom. The van der Waals surface area contributed by atoms with E-state index in [2.05, 4.69) is 4.72 Å². The van der Waals surface area contributed by atoms with Crippen LogP contribution in [0, 0.1) is 0 Å². The number of hydrogen-bond acceptors (Lipinski definition) is 3. The van der Waals surface area contributed by atoms with Crippen molar-refractivity contribution in [2.24, 2.45) is 0 Å². The zero-order valence-electron chi connectivity index (χ0n) is 9.56. The summed E-state index contributed by atoms with van der Waals surface area (Å²) in [6, 6.07) is 7.30. The Kier molecular flexibility index (Phi) is 5.39. The average molecular weight is 278 g/mol. The van der Waals surface area contributed by atoms with Crippen LogP contribution >= 0.6 is 11.6 Å². The first-order chi connectivity index (χ1) is 7.92. The van der Waals surface area contributed by atoms with E-state index in [1.54, 1.807) is 12.1 Å². The van der Waals surface area contributed by atoms with Crippen molar-refractivity contribution < 1.29 is 13.5 Å². The molecule has 17 heavy (non-hydrogen) atoms. The predicted molar refractivity (Wildman–Crippen MR) is 68.7 cm³/mol. The second-order valence-electron chi connectivity index (χ2n) is 3.83. The number of rotatable bonds is 6. The van der Waals surface area contributed by atoms with Gasteiger partial charge in [-0.3, -0.25) is 0 Å². The molecule has 6 heteroatoms. The molecule has 0 unspecified atom stereocenters. The summed E-state index contributed by atoms with van der Waals surface area (Å²) in [7, 11) is -3.13. The number of alkyl halides is 1. The minimum atomic E-state index is -3.13. The van der Waals surface area contributed by atoms with Crippen LogP contribution < -0.4 is 4.72 Å². The van der Waals surface area contributed by atoms with Gasteiger partial charge in [-0.05, 0) is 17.5 Å². The summed E-state index contributed by atoms with van der Waals surface area (Å²) in [4.78, 5) is 0. The summed E-state index contributed by atoms with van der Waals surface area (Å²) < 4.78 is 24.1. The van der Waals surface area contributed by atoms with E-state index in [9.17, 15) is 13.5 Å². The number of sulfonamides is 1. The highest BCUT2D eigenvalue weighted by Crippen LogP contribution is 2.15. The Bertz CT molecular complexity index is 444. The fourth-order valence-corrected chi connectivity index (χ4v) is 2.03. The monoisotopic (exact) mass is 277 g/mol. The third-order valence-corrected chi connectivity index (χ3v) is 3.31. The van der Waals surface area contributed by atoms with Crippen LogP contribution in [-0.2, 0) is 16.4 Å². The highest BCUT2D eigenvalue weighted by atomic mass is 35.5. The Hall–Kier alpha value is -0.620. The smallest absolute Gasteiger partial charge is 0.208 e. The molecule has 1 aromatic carbocycles. The molecule has 1 atom stereocenters. The second kappa shape index (κ2) is 6.35. The van der Waals surface area contributed by atoms with Gasteiger partial charge in [-0.15, -0.1) is 11.6 Å². The minimum absolute atomic E-state index is 0.162. The molecule has 0 aromatic heterocycles. The van der Waals surface area contributed by atoms with Crippen LogP contribution in [0.15, 0.2) is 24.3 Å². The molecule has 0 bridgehead atoms. The Morgan fingerprint density at radius 3 is 2.41 bits per heavy atom. The van der Waals surface area contributed by atoms with E-state index in [0.29, 0.717) is 13.0 Å². The van der Waals surface area contributed by atoms with Gasteiger partial charge in [0.05, 0.1) is 18.2 Å². The number of hydrogen-bond donors (Lipinski definition) is 2. The van der Waals surface area contributed by atoms with Crippen molar-refractivity contribution in [3.05, 3.63) is 35.4 Å². The molecule has 2 N–H and O–H groups in total. The Morgan fingerprint density at radius 1 is 1.35 bits per heavy atom. The molecule has 1 aromatic rings. The zero-order valence-corrected chi connectivity index (χ0v) is 11.1. The van der Waals surface area contributed by atoms with E-state index in [-0.39, 0.29) is 5.88 Å². The first-order valence-corrected chi connectivity index (χ1v) is 7.62. The summed E-state index contributed by atoms with van der Waals surface area (Å²) in [5, 5.41) is 9.48. The molecular weight excluding hydrogens is 262 g/mol. The van der Waals surface area contributed by atoms with E-state index < -0.39 is 16.1 Å². The molecule has 0 amide bonds. The highest BCUT2D eigenvalue weighted by molar-refractivity contribution is 7.88. The predicted octanol–water partition coefficient (Wildman–Crippen LogP) is 1.05. The normalized spacial score (nSPS) is 13.6. The lowest BCUT2D eigenvalue weighted by molar-refractivity contribution is 0.202. The molecule has 0 saturated heterocycles. The van der Waals surface area contributed by atoms with Gasteiger partial charge in [-0.1, -0.05) is 24.3 Å². The third-order valence-electron chi connectivity index (χ3n) is 2.29. The van der Waals surface area contributed by atoms with Crippen LogP contribution in [0.25, 0.3) is 0 Å². The van der Waals surface area contributed by atoms with Crippen molar-refractivity contribution in [3.8, 4) is 0 Å². The van der Waals surface area contributed by atoms with Gasteiger partial charge in [0.15, 0.2) is 0 Å². The summed E-state index contributed by atoms with van der Waals surface area (Å²) in [6.45, 7) is 0.371. The number of nitrogens with one attached hydrogen (secondary N) is 1. The average Bonchev–Trinajstić information content (AvgIpc) is 2.27. The maximum Gasteiger partial charge on any atom is 0.208 e. The van der Waals surface area contributed by atoms with Gasteiger partial charge >= 0.3 is 0 Å². The van der Waals surface area contributed by atoms with Crippen molar-refractivity contribution in [2.75, 3.05) is 18.7 Å². The van der Waals surface area contributed by atoms with Gasteiger partial charge in [0, 0.05) is 6.54 Å². The van der Waals surface area contributed by atoms with Gasteiger partial charge < -0.3 is 5.11 Å². The fourth-order valence-electron chi connectivity index (χ4n) is 1.38. The molecule has 1 rings (SSSR count). The quantitative estimate of drug-likeness (QED) is 0.764. The second-order valence-corrected chi connectivity index (χ2v) is 5.97. The van der Waals surface area contributed by atoms with E-state index in [1.165, 1.54) is 0 Å². The third kappa shape index (κ3) is 5.50. The van der Waals surface area contributed by atoms with Crippen molar-refractivity contribution >= 4 is 21.6 Å². The van der Waals surface area contributed by atoms with Gasteiger partial charge in [0.25, 0.3) is 0 Å². The fraction of sp³-hybridized carbons (Fsp3) is 0.455. The van der Waals surface area contributed by atoms with Crippen LogP contribution in [0.1, 0.15) is 17.2 Å². The maximum atomic E-state index is 10.8. The SMILES string of the molecule is CS(=O)(=O)NCCc1ccc([C@@H](O)CCl)cc1. The number of benzene rings is 1. The van der Waals surface area contributed by atoms with Gasteiger partial charge in [-0.2, -0.15) is 0 Å². The molecule has 0 fully saturated rings. The van der Waals surface area contributed by atoms with Gasteiger partial charge in [0.2, 0.25) is 10.0 Å². The molecule has 4 nitrogen and oxygen atoms in total. The lowest BCUT2D eigenvalue weighted by Gasteiger charge is -2.08. The summed E-state index contributed by atoms with van der Waals surface area (Å²) in [6.07, 6.45) is 1.09. The van der Waals surface area contributed by atoms with E-state index in [1.807, 2.05) is 12.1 Å². The van der Waals surface area contributed by atoms with Crippen molar-refractivity contribution in [2.45, 2.75) is 12.5 Å². The molecule has 0 heterocycles. The minimum Gasteiger partial charge on any atom is -0.387 e. The molecule has 0 aliphatic rings. The molecule has 0 aliphatic carbocycles. The zero-order chi connectivity index (χ0) is 12.9. The molecule has 0 saturated carbocycles. The van der Waals surface area contributed by atoms with E-state index in [4.69, 9.17) is 11.6 Å². The number of aliphatic hydroxyl groups is 1. The lowest BCUT2D eigenvalue weighted by atomic mass is 10.1. The van der Waals surface area contributed by atoms with Crippen molar-refractivity contribution in [3.63, 3.8) is 0 Å². The Balaban J connectivity index is 2.51. The van der Waals surface area contributed by atoms with Crippen molar-refractivity contribution in [1.29, 1.82) is 0 Å². The Labute approximate surface area is 107 Å². The first-order valence-electron chi connectivity index (χ1n) is 5.20. The number of aliphatic hydroxyl groups excluding tert-OH is 1. The maximum absolute atomic E-state index is 10.8. The lowest BCUT2D eigenvalue weighted by Crippen LogP contribution is -2.24. The van der Waals surface area contributed by atoms with Gasteiger partial charge in [-0.25, -0.2) is 13.1 Å².